The molecule has 0 saturated carbocycles. The summed E-state index contributed by atoms with van der Waals surface area (Å²) < 4.78 is 0. The minimum atomic E-state index is 0.668. The fourth-order valence-corrected chi connectivity index (χ4v) is 2.53. The summed E-state index contributed by atoms with van der Waals surface area (Å²) >= 11 is 0. The molecule has 0 aromatic heterocycles. The first-order valence-electron chi connectivity index (χ1n) is 6.21. The first kappa shape index (κ1) is 14.0. The van der Waals surface area contributed by atoms with Crippen molar-refractivity contribution in [2.75, 3.05) is 6.54 Å². The van der Waals surface area contributed by atoms with Gasteiger partial charge in [-0.1, -0.05) is 41.0 Å². The van der Waals surface area contributed by atoms with Crippen LogP contribution in [0, 0.1) is 11.8 Å². The molecule has 0 saturated heterocycles. The van der Waals surface area contributed by atoms with Crippen molar-refractivity contribution in [3.63, 3.8) is 0 Å². The lowest BCUT2D eigenvalue weighted by Gasteiger charge is -2.40. The standard InChI is InChI=1S/C13H29N/c1-8-12(7)13(10(3)4)14(9-2)11(5)6/h10-13H,8-9H2,1-7H3. The number of rotatable bonds is 6. The Morgan fingerprint density at radius 2 is 1.43 bits per heavy atom. The Bertz CT molecular complexity index is 140. The maximum atomic E-state index is 2.64. The van der Waals surface area contributed by atoms with Gasteiger partial charge in [-0.3, -0.25) is 4.90 Å². The molecule has 14 heavy (non-hydrogen) atoms. The van der Waals surface area contributed by atoms with Crippen molar-refractivity contribution in [1.29, 1.82) is 0 Å². The molecule has 0 aliphatic carbocycles. The van der Waals surface area contributed by atoms with Crippen LogP contribution in [0.5, 0.6) is 0 Å². The quantitative estimate of drug-likeness (QED) is 0.629. The van der Waals surface area contributed by atoms with Gasteiger partial charge in [0, 0.05) is 12.1 Å². The van der Waals surface area contributed by atoms with Crippen LogP contribution in [0.1, 0.15) is 54.9 Å². The molecule has 0 radical (unpaired) electrons. The summed E-state index contributed by atoms with van der Waals surface area (Å²) in [6, 6.07) is 1.41. The molecule has 0 heterocycles. The Morgan fingerprint density at radius 3 is 1.64 bits per heavy atom. The van der Waals surface area contributed by atoms with Crippen LogP contribution in [0.4, 0.5) is 0 Å². The van der Waals surface area contributed by atoms with Gasteiger partial charge in [0.15, 0.2) is 0 Å². The van der Waals surface area contributed by atoms with Gasteiger partial charge in [0.2, 0.25) is 0 Å². The van der Waals surface area contributed by atoms with E-state index >= 15 is 0 Å². The second-order valence-corrected chi connectivity index (χ2v) is 5.04. The molecule has 0 bridgehead atoms. The minimum Gasteiger partial charge on any atom is -0.298 e. The molecule has 0 N–H and O–H groups in total. The summed E-state index contributed by atoms with van der Waals surface area (Å²) in [6.45, 7) is 17.4. The molecule has 1 nitrogen and oxygen atoms in total. The summed E-state index contributed by atoms with van der Waals surface area (Å²) in [5, 5.41) is 0. The van der Waals surface area contributed by atoms with E-state index in [4.69, 9.17) is 0 Å². The summed E-state index contributed by atoms with van der Waals surface area (Å²) in [5.41, 5.74) is 0. The van der Waals surface area contributed by atoms with Gasteiger partial charge in [-0.05, 0) is 32.2 Å². The van der Waals surface area contributed by atoms with E-state index in [0.717, 1.165) is 17.9 Å². The number of hydrogen-bond acceptors (Lipinski definition) is 1. The highest BCUT2D eigenvalue weighted by molar-refractivity contribution is 4.80. The van der Waals surface area contributed by atoms with Crippen LogP contribution in [0.3, 0.4) is 0 Å². The van der Waals surface area contributed by atoms with E-state index in [0.29, 0.717) is 6.04 Å². The Kier molecular flexibility index (Phi) is 6.43. The molecule has 0 fully saturated rings. The number of hydrogen-bond donors (Lipinski definition) is 0. The molecule has 2 unspecified atom stereocenters. The zero-order valence-corrected chi connectivity index (χ0v) is 11.2. The molecule has 0 spiro atoms. The third kappa shape index (κ3) is 3.61. The van der Waals surface area contributed by atoms with E-state index in [1.165, 1.54) is 13.0 Å². The van der Waals surface area contributed by atoms with Gasteiger partial charge in [-0.2, -0.15) is 0 Å². The van der Waals surface area contributed by atoms with Crippen LogP contribution in [-0.2, 0) is 0 Å². The first-order valence-corrected chi connectivity index (χ1v) is 6.21. The maximum Gasteiger partial charge on any atom is 0.0146 e. The van der Waals surface area contributed by atoms with Gasteiger partial charge in [0.05, 0.1) is 0 Å². The zero-order chi connectivity index (χ0) is 11.3. The van der Waals surface area contributed by atoms with Crippen molar-refractivity contribution >= 4 is 0 Å². The van der Waals surface area contributed by atoms with E-state index in [2.05, 4.69) is 53.4 Å². The second-order valence-electron chi connectivity index (χ2n) is 5.04. The summed E-state index contributed by atoms with van der Waals surface area (Å²) in [4.78, 5) is 2.64. The monoisotopic (exact) mass is 199 g/mol. The SMILES string of the molecule is CCC(C)C(C(C)C)N(CC)C(C)C. The molecule has 0 aliphatic rings. The average Bonchev–Trinajstić information content (AvgIpc) is 2.11. The normalized spacial score (nSPS) is 16.7. The maximum absolute atomic E-state index is 2.64. The van der Waals surface area contributed by atoms with Gasteiger partial charge in [0.1, 0.15) is 0 Å². The van der Waals surface area contributed by atoms with E-state index in [1.807, 2.05) is 0 Å². The zero-order valence-electron chi connectivity index (χ0n) is 11.2. The highest BCUT2D eigenvalue weighted by Gasteiger charge is 2.26. The summed E-state index contributed by atoms with van der Waals surface area (Å²) in [5.74, 6) is 1.56. The molecule has 2 atom stereocenters. The van der Waals surface area contributed by atoms with Crippen LogP contribution in [0.2, 0.25) is 0 Å². The fourth-order valence-electron chi connectivity index (χ4n) is 2.53. The Balaban J connectivity index is 4.60. The van der Waals surface area contributed by atoms with E-state index in [-0.39, 0.29) is 0 Å². The Labute approximate surface area is 90.9 Å². The highest BCUT2D eigenvalue weighted by Crippen LogP contribution is 2.23. The number of nitrogens with zero attached hydrogens (tertiary/aromatic N) is 1. The molecule has 0 aromatic rings. The van der Waals surface area contributed by atoms with E-state index in [9.17, 15) is 0 Å². The molecular formula is C13H29N. The fraction of sp³-hybridized carbons (Fsp3) is 1.00. The van der Waals surface area contributed by atoms with Crippen LogP contribution in [-0.4, -0.2) is 23.5 Å². The van der Waals surface area contributed by atoms with Crippen LogP contribution in [0.15, 0.2) is 0 Å². The highest BCUT2D eigenvalue weighted by atomic mass is 15.2. The minimum absolute atomic E-state index is 0.668. The lowest BCUT2D eigenvalue weighted by molar-refractivity contribution is 0.0818. The van der Waals surface area contributed by atoms with Crippen molar-refractivity contribution in [2.45, 2.75) is 67.0 Å². The van der Waals surface area contributed by atoms with Gasteiger partial charge in [-0.15, -0.1) is 0 Å². The van der Waals surface area contributed by atoms with Gasteiger partial charge >= 0.3 is 0 Å². The molecule has 86 valence electrons. The molecule has 0 rings (SSSR count). The average molecular weight is 199 g/mol. The van der Waals surface area contributed by atoms with Crippen molar-refractivity contribution in [2.24, 2.45) is 11.8 Å². The lowest BCUT2D eigenvalue weighted by Crippen LogP contribution is -2.46. The molecule has 0 amide bonds. The largest absolute Gasteiger partial charge is 0.298 e. The van der Waals surface area contributed by atoms with Gasteiger partial charge < -0.3 is 0 Å². The van der Waals surface area contributed by atoms with Gasteiger partial charge in [0.25, 0.3) is 0 Å². The lowest BCUT2D eigenvalue weighted by atomic mass is 9.88. The van der Waals surface area contributed by atoms with Crippen molar-refractivity contribution in [3.8, 4) is 0 Å². The van der Waals surface area contributed by atoms with E-state index in [1.54, 1.807) is 0 Å². The van der Waals surface area contributed by atoms with Crippen molar-refractivity contribution < 1.29 is 0 Å². The topological polar surface area (TPSA) is 3.24 Å². The van der Waals surface area contributed by atoms with Crippen molar-refractivity contribution in [1.82, 2.24) is 4.90 Å². The Hall–Kier alpha value is -0.0400. The predicted octanol–water partition coefficient (Wildman–Crippen LogP) is 3.79. The van der Waals surface area contributed by atoms with Crippen LogP contribution < -0.4 is 0 Å². The smallest absolute Gasteiger partial charge is 0.0146 e. The first-order chi connectivity index (χ1) is 6.45. The third-order valence-electron chi connectivity index (χ3n) is 3.32. The summed E-state index contributed by atoms with van der Waals surface area (Å²) in [6.07, 6.45) is 1.28. The third-order valence-corrected chi connectivity index (χ3v) is 3.32. The molecular weight excluding hydrogens is 170 g/mol. The predicted molar refractivity (Wildman–Crippen MR) is 65.6 cm³/mol. The molecule has 1 heteroatoms. The Morgan fingerprint density at radius 1 is 0.929 bits per heavy atom. The summed E-state index contributed by atoms with van der Waals surface area (Å²) in [7, 11) is 0. The van der Waals surface area contributed by atoms with Crippen LogP contribution in [0.25, 0.3) is 0 Å². The van der Waals surface area contributed by atoms with E-state index < -0.39 is 0 Å². The second kappa shape index (κ2) is 6.44. The van der Waals surface area contributed by atoms with Crippen molar-refractivity contribution in [3.05, 3.63) is 0 Å². The molecule has 0 aromatic carbocycles. The van der Waals surface area contributed by atoms with Gasteiger partial charge in [-0.25, -0.2) is 0 Å². The van der Waals surface area contributed by atoms with Crippen LogP contribution >= 0.6 is 0 Å². The molecule has 0 aliphatic heterocycles.